The van der Waals surface area contributed by atoms with Gasteiger partial charge in [0.15, 0.2) is 5.65 Å². The molecule has 4 rings (SSSR count). The highest BCUT2D eigenvalue weighted by atomic mass is 16.5. The Morgan fingerprint density at radius 3 is 2.39 bits per heavy atom. The van der Waals surface area contributed by atoms with Gasteiger partial charge in [0.25, 0.3) is 0 Å². The van der Waals surface area contributed by atoms with Crippen molar-refractivity contribution in [1.82, 2.24) is 29.0 Å². The third-order valence-corrected chi connectivity index (χ3v) is 5.64. The van der Waals surface area contributed by atoms with Gasteiger partial charge in [-0.2, -0.15) is 4.98 Å². The summed E-state index contributed by atoms with van der Waals surface area (Å²) < 4.78 is 8.13. The molecule has 10 nitrogen and oxygen atoms in total. The number of hydrogen-bond donors (Lipinski definition) is 0. The molecule has 0 N–H and O–H groups in total. The van der Waals surface area contributed by atoms with Crippen LogP contribution in [0.1, 0.15) is 24.4 Å². The Balaban J connectivity index is 1.60. The number of aromatic nitrogens is 5. The number of ether oxygens (including phenoxy) is 1. The predicted molar refractivity (Wildman–Crippen MR) is 118 cm³/mol. The van der Waals surface area contributed by atoms with Crippen molar-refractivity contribution in [1.29, 1.82) is 0 Å². The summed E-state index contributed by atoms with van der Waals surface area (Å²) in [4.78, 5) is 43.1. The fraction of sp³-hybridized carbons (Fsp3) is 0.476. The van der Waals surface area contributed by atoms with Gasteiger partial charge in [-0.3, -0.25) is 14.2 Å². The molecule has 3 aromatic rings. The molecule has 0 spiro atoms. The van der Waals surface area contributed by atoms with Crippen LogP contribution in [0, 0.1) is 0 Å². The molecule has 0 aliphatic carbocycles. The van der Waals surface area contributed by atoms with Crippen molar-refractivity contribution in [2.75, 3.05) is 39.2 Å². The first-order chi connectivity index (χ1) is 14.9. The third kappa shape index (κ3) is 4.02. The van der Waals surface area contributed by atoms with E-state index in [4.69, 9.17) is 4.74 Å². The van der Waals surface area contributed by atoms with Crippen LogP contribution in [0.15, 0.2) is 34.1 Å². The number of piperidine rings is 1. The van der Waals surface area contributed by atoms with Crippen LogP contribution in [-0.2, 0) is 13.6 Å². The molecule has 0 saturated carbocycles. The molecule has 1 aliphatic rings. The lowest BCUT2D eigenvalue weighted by atomic mass is 10.0. The molecule has 1 aliphatic heterocycles. The van der Waals surface area contributed by atoms with E-state index in [9.17, 15) is 9.59 Å². The molecule has 4 heterocycles. The summed E-state index contributed by atoms with van der Waals surface area (Å²) in [6.07, 6.45) is 5.07. The second-order valence-corrected chi connectivity index (χ2v) is 8.08. The molecular formula is C21H27N7O3. The van der Waals surface area contributed by atoms with Gasteiger partial charge in [-0.05, 0) is 33.0 Å². The Bertz CT molecular complexity index is 1190. The molecule has 0 atom stereocenters. The Morgan fingerprint density at radius 2 is 1.77 bits per heavy atom. The molecule has 0 radical (unpaired) electrons. The lowest BCUT2D eigenvalue weighted by Crippen LogP contribution is -2.45. The lowest BCUT2D eigenvalue weighted by molar-refractivity contribution is 0.381. The van der Waals surface area contributed by atoms with Gasteiger partial charge in [-0.25, -0.2) is 9.97 Å². The van der Waals surface area contributed by atoms with E-state index in [-0.39, 0.29) is 6.04 Å². The summed E-state index contributed by atoms with van der Waals surface area (Å²) >= 11 is 0. The quantitative estimate of drug-likeness (QED) is 0.554. The monoisotopic (exact) mass is 425 g/mol. The van der Waals surface area contributed by atoms with Crippen LogP contribution in [0.4, 0.5) is 5.95 Å². The van der Waals surface area contributed by atoms with Crippen molar-refractivity contribution in [3.05, 3.63) is 50.8 Å². The number of pyridine rings is 1. The van der Waals surface area contributed by atoms with E-state index in [1.807, 2.05) is 26.5 Å². The second-order valence-electron chi connectivity index (χ2n) is 8.08. The molecule has 1 saturated heterocycles. The summed E-state index contributed by atoms with van der Waals surface area (Å²) in [6.45, 7) is 2.16. The van der Waals surface area contributed by atoms with Crippen LogP contribution >= 0.6 is 0 Å². The first kappa shape index (κ1) is 21.0. The van der Waals surface area contributed by atoms with Crippen LogP contribution in [0.25, 0.3) is 11.2 Å². The predicted octanol–water partition coefficient (Wildman–Crippen LogP) is 0.797. The zero-order valence-corrected chi connectivity index (χ0v) is 18.3. The fourth-order valence-electron chi connectivity index (χ4n) is 4.05. The molecule has 1 fully saturated rings. The van der Waals surface area contributed by atoms with Gasteiger partial charge in [-0.1, -0.05) is 0 Å². The number of methoxy groups -OCH3 is 1. The van der Waals surface area contributed by atoms with Crippen molar-refractivity contribution < 1.29 is 4.74 Å². The van der Waals surface area contributed by atoms with Gasteiger partial charge < -0.3 is 19.1 Å². The van der Waals surface area contributed by atoms with E-state index < -0.39 is 11.1 Å². The average Bonchev–Trinajstić information content (AvgIpc) is 2.78. The minimum absolute atomic E-state index is 0.132. The maximum absolute atomic E-state index is 12.9. The van der Waals surface area contributed by atoms with Crippen LogP contribution < -0.4 is 20.8 Å². The van der Waals surface area contributed by atoms with Crippen LogP contribution in [0.2, 0.25) is 0 Å². The SMILES string of the molecule is COc1ccc2c(n1)n(C1CCN(c3ncc(CN(C)C)cn3)CC1)c(=O)c(=O)n2C. The van der Waals surface area contributed by atoms with Crippen molar-refractivity contribution >= 4 is 17.1 Å². The van der Waals surface area contributed by atoms with E-state index in [0.29, 0.717) is 48.9 Å². The number of nitrogens with zero attached hydrogens (tertiary/aromatic N) is 7. The zero-order chi connectivity index (χ0) is 22.1. The summed E-state index contributed by atoms with van der Waals surface area (Å²) in [6, 6.07) is 3.32. The largest absolute Gasteiger partial charge is 0.481 e. The van der Waals surface area contributed by atoms with Crippen molar-refractivity contribution in [3.8, 4) is 5.88 Å². The third-order valence-electron chi connectivity index (χ3n) is 5.64. The number of aryl methyl sites for hydroxylation is 1. The topological polar surface area (TPSA) is 98.4 Å². The van der Waals surface area contributed by atoms with E-state index in [2.05, 4.69) is 24.8 Å². The first-order valence-electron chi connectivity index (χ1n) is 10.3. The number of rotatable bonds is 5. The Labute approximate surface area is 179 Å². The Hall–Kier alpha value is -3.27. The number of hydrogen-bond acceptors (Lipinski definition) is 8. The molecule has 0 bridgehead atoms. The van der Waals surface area contributed by atoms with Gasteiger partial charge >= 0.3 is 11.1 Å². The molecule has 31 heavy (non-hydrogen) atoms. The minimum Gasteiger partial charge on any atom is -0.481 e. The summed E-state index contributed by atoms with van der Waals surface area (Å²) in [5.74, 6) is 1.09. The van der Waals surface area contributed by atoms with E-state index in [0.717, 1.165) is 12.1 Å². The molecule has 3 aromatic heterocycles. The van der Waals surface area contributed by atoms with Gasteiger partial charge in [0.1, 0.15) is 0 Å². The highest BCUT2D eigenvalue weighted by molar-refractivity contribution is 5.71. The van der Waals surface area contributed by atoms with Crippen LogP contribution in [0.3, 0.4) is 0 Å². The standard InChI is InChI=1S/C21H27N7O3/c1-25(2)13-14-11-22-21(23-12-14)27-9-7-15(8-10-27)28-18-16(5-6-17(24-18)31-4)26(3)19(29)20(28)30/h5-6,11-12,15H,7-10,13H2,1-4H3. The summed E-state index contributed by atoms with van der Waals surface area (Å²) in [7, 11) is 7.13. The van der Waals surface area contributed by atoms with Crippen molar-refractivity contribution in [2.24, 2.45) is 7.05 Å². The average molecular weight is 425 g/mol. The van der Waals surface area contributed by atoms with Crippen molar-refractivity contribution in [2.45, 2.75) is 25.4 Å². The van der Waals surface area contributed by atoms with Gasteiger partial charge in [0.2, 0.25) is 11.8 Å². The minimum atomic E-state index is -0.557. The molecule has 0 aromatic carbocycles. The molecular weight excluding hydrogens is 398 g/mol. The molecule has 0 amide bonds. The fourth-order valence-corrected chi connectivity index (χ4v) is 4.05. The first-order valence-corrected chi connectivity index (χ1v) is 10.3. The highest BCUT2D eigenvalue weighted by Gasteiger charge is 2.26. The van der Waals surface area contributed by atoms with Gasteiger partial charge in [0.05, 0.1) is 12.6 Å². The maximum atomic E-state index is 12.9. The van der Waals surface area contributed by atoms with Gasteiger partial charge in [-0.15, -0.1) is 0 Å². The zero-order valence-electron chi connectivity index (χ0n) is 18.3. The summed E-state index contributed by atoms with van der Waals surface area (Å²) in [5.41, 5.74) is 1.02. The van der Waals surface area contributed by atoms with E-state index in [1.54, 1.807) is 23.7 Å². The smallest absolute Gasteiger partial charge is 0.318 e. The van der Waals surface area contributed by atoms with Gasteiger partial charge in [0, 0.05) is 56.7 Å². The number of anilines is 1. The lowest BCUT2D eigenvalue weighted by Gasteiger charge is -2.33. The Kier molecular flexibility index (Phi) is 5.73. The van der Waals surface area contributed by atoms with E-state index >= 15 is 0 Å². The second kappa shape index (κ2) is 8.46. The number of fused-ring (bicyclic) bond motifs is 1. The van der Waals surface area contributed by atoms with Crippen LogP contribution in [0.5, 0.6) is 5.88 Å². The molecule has 164 valence electrons. The van der Waals surface area contributed by atoms with Crippen LogP contribution in [-0.4, -0.2) is 63.3 Å². The molecule has 10 heteroatoms. The van der Waals surface area contributed by atoms with Crippen molar-refractivity contribution in [3.63, 3.8) is 0 Å². The van der Waals surface area contributed by atoms with E-state index in [1.165, 1.54) is 11.7 Å². The maximum Gasteiger partial charge on any atom is 0.318 e. The normalized spacial score (nSPS) is 15.1. The Morgan fingerprint density at radius 1 is 1.10 bits per heavy atom. The highest BCUT2D eigenvalue weighted by Crippen LogP contribution is 2.26. The summed E-state index contributed by atoms with van der Waals surface area (Å²) in [5, 5.41) is 0. The molecule has 0 unspecified atom stereocenters.